The Labute approximate surface area is 259 Å². The van der Waals surface area contributed by atoms with E-state index in [2.05, 4.69) is 182 Å². The highest BCUT2D eigenvalue weighted by molar-refractivity contribution is 6.34. The third-order valence-corrected chi connectivity index (χ3v) is 8.61. The van der Waals surface area contributed by atoms with Gasteiger partial charge in [-0.2, -0.15) is 0 Å². The zero-order chi connectivity index (χ0) is 29.5. The first-order valence-corrected chi connectivity index (χ1v) is 15.2. The molecule has 0 aliphatic rings. The van der Waals surface area contributed by atoms with Gasteiger partial charge in [0.15, 0.2) is 0 Å². The maximum absolute atomic E-state index is 2.43. The minimum atomic E-state index is 1.16. The maximum Gasteiger partial charge on any atom is 0.139 e. The summed E-state index contributed by atoms with van der Waals surface area (Å²) in [5.41, 5.74) is 14.5. The van der Waals surface area contributed by atoms with E-state index in [0.29, 0.717) is 0 Å². The summed E-state index contributed by atoms with van der Waals surface area (Å²) >= 11 is 0. The van der Waals surface area contributed by atoms with Gasteiger partial charge in [-0.15, -0.1) is 0 Å². The van der Waals surface area contributed by atoms with Crippen molar-refractivity contribution in [2.24, 2.45) is 0 Å². The molecule has 0 spiro atoms. The molecule has 8 rings (SSSR count). The van der Waals surface area contributed by atoms with Gasteiger partial charge in [-0.1, -0.05) is 133 Å². The van der Waals surface area contributed by atoms with Crippen molar-refractivity contribution in [3.8, 4) is 50.2 Å². The summed E-state index contributed by atoms with van der Waals surface area (Å²) in [7, 11) is 2.17. The topological polar surface area (TPSA) is 4.93 Å². The zero-order valence-corrected chi connectivity index (χ0v) is 24.6. The van der Waals surface area contributed by atoms with Crippen LogP contribution in [0.3, 0.4) is 0 Å². The van der Waals surface area contributed by atoms with Crippen LogP contribution in [0.15, 0.2) is 170 Å². The molecule has 0 bridgehead atoms. The molecule has 1 nitrogen and oxygen atoms in total. The molecule has 1 aromatic heterocycles. The molecular formula is C42H30BN. The Kier molecular flexibility index (Phi) is 6.46. The lowest BCUT2D eigenvalue weighted by Gasteiger charge is -2.15. The smallest absolute Gasteiger partial charge is 0.139 e. The van der Waals surface area contributed by atoms with Crippen molar-refractivity contribution in [1.82, 2.24) is 4.57 Å². The Bertz CT molecular complexity index is 2180. The molecule has 0 atom stereocenters. The summed E-state index contributed by atoms with van der Waals surface area (Å²) in [5.74, 6) is 0. The highest BCUT2D eigenvalue weighted by Gasteiger charge is 2.15. The van der Waals surface area contributed by atoms with Crippen LogP contribution >= 0.6 is 0 Å². The molecule has 8 aromatic rings. The van der Waals surface area contributed by atoms with Crippen molar-refractivity contribution in [3.05, 3.63) is 170 Å². The van der Waals surface area contributed by atoms with Crippen LogP contribution in [0, 0.1) is 0 Å². The first-order chi connectivity index (χ1) is 21.7. The molecule has 2 heteroatoms. The van der Waals surface area contributed by atoms with Gasteiger partial charge in [0.1, 0.15) is 7.85 Å². The summed E-state index contributed by atoms with van der Waals surface area (Å²) in [4.78, 5) is 0. The quantitative estimate of drug-likeness (QED) is 0.185. The molecule has 0 amide bonds. The minimum absolute atomic E-state index is 1.16. The molecule has 0 saturated carbocycles. The zero-order valence-electron chi connectivity index (χ0n) is 24.6. The average molecular weight is 560 g/mol. The minimum Gasteiger partial charge on any atom is -0.309 e. The van der Waals surface area contributed by atoms with E-state index in [1.165, 1.54) is 71.8 Å². The van der Waals surface area contributed by atoms with Crippen LogP contribution < -0.4 is 5.46 Å². The molecule has 0 radical (unpaired) electrons. The summed E-state index contributed by atoms with van der Waals surface area (Å²) < 4.78 is 2.43. The number of aromatic nitrogens is 1. The lowest BCUT2D eigenvalue weighted by molar-refractivity contribution is 1.18. The number of fused-ring (bicyclic) bond motifs is 3. The largest absolute Gasteiger partial charge is 0.309 e. The third kappa shape index (κ3) is 4.71. The van der Waals surface area contributed by atoms with Gasteiger partial charge in [0, 0.05) is 16.5 Å². The predicted molar refractivity (Wildman–Crippen MR) is 191 cm³/mol. The molecular weight excluding hydrogens is 529 g/mol. The van der Waals surface area contributed by atoms with Gasteiger partial charge in [0.25, 0.3) is 0 Å². The van der Waals surface area contributed by atoms with Crippen molar-refractivity contribution in [3.63, 3.8) is 0 Å². The second kappa shape index (κ2) is 10.9. The molecule has 1 heterocycles. The first kappa shape index (κ1) is 26.1. The van der Waals surface area contributed by atoms with Gasteiger partial charge in [-0.25, -0.2) is 0 Å². The Morgan fingerprint density at radius 2 is 0.773 bits per heavy atom. The summed E-state index contributed by atoms with van der Waals surface area (Å²) in [6.07, 6.45) is 0. The molecule has 44 heavy (non-hydrogen) atoms. The Hall–Kier alpha value is -5.60. The molecule has 0 unspecified atom stereocenters. The summed E-state index contributed by atoms with van der Waals surface area (Å²) in [6.45, 7) is 0. The number of hydrogen-bond donors (Lipinski definition) is 0. The van der Waals surface area contributed by atoms with E-state index in [9.17, 15) is 0 Å². The molecule has 0 saturated heterocycles. The highest BCUT2D eigenvalue weighted by atomic mass is 15.0. The van der Waals surface area contributed by atoms with Crippen molar-refractivity contribution in [2.45, 2.75) is 0 Å². The van der Waals surface area contributed by atoms with E-state index in [1.807, 2.05) is 0 Å². The van der Waals surface area contributed by atoms with E-state index in [1.54, 1.807) is 0 Å². The third-order valence-electron chi connectivity index (χ3n) is 8.61. The molecule has 0 N–H and O–H groups in total. The lowest BCUT2D eigenvalue weighted by Crippen LogP contribution is -2.01. The average Bonchev–Trinajstić information content (AvgIpc) is 3.42. The fraction of sp³-hybridized carbons (Fsp3) is 0. The van der Waals surface area contributed by atoms with Crippen LogP contribution in [0.1, 0.15) is 0 Å². The SMILES string of the molecule is Bc1ccc2c(c1)c1ccccc1n2-c1cc(-c2cccc(-c3ccccc3)c2)cc(-c2cccc(-c3ccccc3)c2)c1. The van der Waals surface area contributed by atoms with E-state index in [0.717, 1.165) is 5.69 Å². The van der Waals surface area contributed by atoms with Gasteiger partial charge < -0.3 is 4.57 Å². The van der Waals surface area contributed by atoms with E-state index >= 15 is 0 Å². The molecule has 0 fully saturated rings. The standard InChI is InChI=1S/C42H30BN/c43-37-21-22-42-40(28-37)39-19-7-8-20-41(39)44(42)38-26-35(33-17-9-15-31(23-33)29-11-3-1-4-12-29)25-36(27-38)34-18-10-16-32(24-34)30-13-5-2-6-14-30/h1-28H,43H2. The molecule has 0 aliphatic carbocycles. The molecule has 206 valence electrons. The van der Waals surface area contributed by atoms with Crippen LogP contribution in [0.2, 0.25) is 0 Å². The maximum atomic E-state index is 2.43. The fourth-order valence-corrected chi connectivity index (χ4v) is 6.46. The normalized spacial score (nSPS) is 11.3. The fourth-order valence-electron chi connectivity index (χ4n) is 6.46. The number of nitrogens with zero attached hydrogens (tertiary/aromatic N) is 1. The van der Waals surface area contributed by atoms with Crippen molar-refractivity contribution >= 4 is 35.1 Å². The Morgan fingerprint density at radius 3 is 1.36 bits per heavy atom. The van der Waals surface area contributed by atoms with Gasteiger partial charge in [-0.05, 0) is 87.0 Å². The predicted octanol–water partition coefficient (Wildman–Crippen LogP) is 9.71. The number of para-hydroxylation sites is 1. The van der Waals surface area contributed by atoms with Gasteiger partial charge in [-0.3, -0.25) is 0 Å². The molecule has 0 aliphatic heterocycles. The number of hydrogen-bond acceptors (Lipinski definition) is 0. The van der Waals surface area contributed by atoms with Gasteiger partial charge in [0.2, 0.25) is 0 Å². The summed E-state index contributed by atoms with van der Waals surface area (Å²) in [6, 6.07) is 61.7. The Balaban J connectivity index is 1.38. The van der Waals surface area contributed by atoms with E-state index in [4.69, 9.17) is 0 Å². The monoisotopic (exact) mass is 559 g/mol. The van der Waals surface area contributed by atoms with Crippen molar-refractivity contribution in [2.75, 3.05) is 0 Å². The van der Waals surface area contributed by atoms with Crippen molar-refractivity contribution in [1.29, 1.82) is 0 Å². The van der Waals surface area contributed by atoms with Crippen molar-refractivity contribution < 1.29 is 0 Å². The summed E-state index contributed by atoms with van der Waals surface area (Å²) in [5, 5.41) is 2.56. The van der Waals surface area contributed by atoms with Gasteiger partial charge in [0.05, 0.1) is 11.0 Å². The second-order valence-electron chi connectivity index (χ2n) is 11.5. The molecule has 7 aromatic carbocycles. The first-order valence-electron chi connectivity index (χ1n) is 15.2. The number of benzene rings is 7. The van der Waals surface area contributed by atoms with Crippen LogP contribution in [-0.4, -0.2) is 12.4 Å². The Morgan fingerprint density at radius 1 is 0.318 bits per heavy atom. The lowest BCUT2D eigenvalue weighted by atomic mass is 9.94. The van der Waals surface area contributed by atoms with Crippen LogP contribution in [-0.2, 0) is 0 Å². The van der Waals surface area contributed by atoms with Gasteiger partial charge >= 0.3 is 0 Å². The number of rotatable bonds is 5. The van der Waals surface area contributed by atoms with E-state index < -0.39 is 0 Å². The second-order valence-corrected chi connectivity index (χ2v) is 11.5. The van der Waals surface area contributed by atoms with Crippen LogP contribution in [0.4, 0.5) is 0 Å². The van der Waals surface area contributed by atoms with Crippen LogP contribution in [0.25, 0.3) is 72.0 Å². The van der Waals surface area contributed by atoms with Crippen LogP contribution in [0.5, 0.6) is 0 Å². The van der Waals surface area contributed by atoms with E-state index in [-0.39, 0.29) is 0 Å². The highest BCUT2D eigenvalue weighted by Crippen LogP contribution is 2.37.